The van der Waals surface area contributed by atoms with Crippen molar-refractivity contribution < 1.29 is 4.79 Å². The lowest BCUT2D eigenvalue weighted by Gasteiger charge is -2.30. The van der Waals surface area contributed by atoms with Crippen molar-refractivity contribution in [2.24, 2.45) is 11.1 Å². The molecule has 4 heteroatoms. The molecule has 0 spiro atoms. The van der Waals surface area contributed by atoms with Gasteiger partial charge in [-0.15, -0.1) is 11.8 Å². The molecule has 0 bridgehead atoms. The first kappa shape index (κ1) is 15.4. The van der Waals surface area contributed by atoms with Crippen molar-refractivity contribution in [1.82, 2.24) is 0 Å². The standard InChI is InChI=1S/C16H24N2OS/c1-20-14-9-5-4-8-13(14)18-15(19)16(12-17)10-6-2-3-7-11-16/h4-5,8-9H,2-3,6-7,10-12,17H2,1H3,(H,18,19). The molecule has 1 aromatic carbocycles. The summed E-state index contributed by atoms with van der Waals surface area (Å²) in [4.78, 5) is 13.8. The topological polar surface area (TPSA) is 55.1 Å². The largest absolute Gasteiger partial charge is 0.329 e. The average Bonchev–Trinajstić information content (AvgIpc) is 2.74. The zero-order chi connectivity index (χ0) is 14.4. The third-order valence-corrected chi connectivity index (χ3v) is 5.08. The first-order chi connectivity index (χ1) is 9.72. The summed E-state index contributed by atoms with van der Waals surface area (Å²) in [6, 6.07) is 7.94. The number of anilines is 1. The Morgan fingerprint density at radius 1 is 1.25 bits per heavy atom. The van der Waals surface area contributed by atoms with Crippen LogP contribution in [0.25, 0.3) is 0 Å². The fourth-order valence-electron chi connectivity index (χ4n) is 2.93. The molecule has 1 saturated carbocycles. The van der Waals surface area contributed by atoms with Gasteiger partial charge in [0.25, 0.3) is 0 Å². The average molecular weight is 292 g/mol. The number of amides is 1. The highest BCUT2D eigenvalue weighted by atomic mass is 32.2. The van der Waals surface area contributed by atoms with E-state index in [2.05, 4.69) is 5.32 Å². The zero-order valence-corrected chi connectivity index (χ0v) is 13.0. The lowest BCUT2D eigenvalue weighted by molar-refractivity contribution is -0.125. The van der Waals surface area contributed by atoms with Gasteiger partial charge in [-0.1, -0.05) is 37.8 Å². The van der Waals surface area contributed by atoms with Gasteiger partial charge in [-0.25, -0.2) is 0 Å². The van der Waals surface area contributed by atoms with E-state index in [1.807, 2.05) is 30.5 Å². The summed E-state index contributed by atoms with van der Waals surface area (Å²) in [5.41, 5.74) is 6.50. The minimum atomic E-state index is -0.373. The molecule has 3 nitrogen and oxygen atoms in total. The smallest absolute Gasteiger partial charge is 0.231 e. The molecule has 0 heterocycles. The van der Waals surface area contributed by atoms with Gasteiger partial charge in [0.1, 0.15) is 0 Å². The van der Waals surface area contributed by atoms with E-state index in [1.165, 1.54) is 12.8 Å². The van der Waals surface area contributed by atoms with Gasteiger partial charge in [-0.2, -0.15) is 0 Å². The van der Waals surface area contributed by atoms with Gasteiger partial charge in [0, 0.05) is 11.4 Å². The third kappa shape index (κ3) is 3.36. The molecule has 20 heavy (non-hydrogen) atoms. The maximum absolute atomic E-state index is 12.7. The monoisotopic (exact) mass is 292 g/mol. The van der Waals surface area contributed by atoms with Crippen LogP contribution >= 0.6 is 11.8 Å². The Kier molecular flexibility index (Phi) is 5.49. The Hall–Kier alpha value is -1.00. The van der Waals surface area contributed by atoms with E-state index in [0.717, 1.165) is 36.3 Å². The Morgan fingerprint density at radius 3 is 2.50 bits per heavy atom. The quantitative estimate of drug-likeness (QED) is 0.658. The van der Waals surface area contributed by atoms with E-state index in [9.17, 15) is 4.79 Å². The van der Waals surface area contributed by atoms with Gasteiger partial charge >= 0.3 is 0 Å². The Morgan fingerprint density at radius 2 is 1.90 bits per heavy atom. The van der Waals surface area contributed by atoms with Crippen molar-refractivity contribution in [3.63, 3.8) is 0 Å². The summed E-state index contributed by atoms with van der Waals surface area (Å²) >= 11 is 1.65. The van der Waals surface area contributed by atoms with E-state index in [1.54, 1.807) is 11.8 Å². The Labute approximate surface area is 125 Å². The van der Waals surface area contributed by atoms with Crippen LogP contribution in [0.15, 0.2) is 29.2 Å². The molecule has 0 atom stereocenters. The maximum atomic E-state index is 12.7. The molecule has 0 aliphatic heterocycles. The van der Waals surface area contributed by atoms with E-state index >= 15 is 0 Å². The molecule has 0 unspecified atom stereocenters. The summed E-state index contributed by atoms with van der Waals surface area (Å²) < 4.78 is 0. The van der Waals surface area contributed by atoms with Crippen molar-refractivity contribution in [2.75, 3.05) is 18.1 Å². The molecule has 1 aliphatic rings. The van der Waals surface area contributed by atoms with Crippen molar-refractivity contribution in [2.45, 2.75) is 43.4 Å². The highest BCUT2D eigenvalue weighted by molar-refractivity contribution is 7.98. The third-order valence-electron chi connectivity index (χ3n) is 4.29. The predicted molar refractivity (Wildman–Crippen MR) is 86.0 cm³/mol. The summed E-state index contributed by atoms with van der Waals surface area (Å²) in [5, 5.41) is 3.11. The van der Waals surface area contributed by atoms with Gasteiger partial charge in [0.15, 0.2) is 0 Å². The van der Waals surface area contributed by atoms with Gasteiger partial charge in [0.05, 0.1) is 11.1 Å². The Bertz CT molecular complexity index is 454. The van der Waals surface area contributed by atoms with Crippen molar-refractivity contribution in [3.8, 4) is 0 Å². The molecule has 1 fully saturated rings. The van der Waals surface area contributed by atoms with Crippen molar-refractivity contribution >= 4 is 23.4 Å². The van der Waals surface area contributed by atoms with Crippen molar-refractivity contribution in [3.05, 3.63) is 24.3 Å². The fourth-order valence-corrected chi connectivity index (χ4v) is 3.49. The summed E-state index contributed by atoms with van der Waals surface area (Å²) in [5.74, 6) is 0.100. The van der Waals surface area contributed by atoms with Crippen LogP contribution < -0.4 is 11.1 Å². The number of carbonyl (C=O) groups is 1. The van der Waals surface area contributed by atoms with Gasteiger partial charge in [0.2, 0.25) is 5.91 Å². The van der Waals surface area contributed by atoms with Crippen molar-refractivity contribution in [1.29, 1.82) is 0 Å². The first-order valence-electron chi connectivity index (χ1n) is 7.36. The minimum absolute atomic E-state index is 0.100. The molecule has 1 aromatic rings. The predicted octanol–water partition coefficient (Wildman–Crippen LogP) is 3.65. The van der Waals surface area contributed by atoms with Crippen LogP contribution in [0.3, 0.4) is 0 Å². The second-order valence-electron chi connectivity index (χ2n) is 5.55. The Balaban J connectivity index is 2.16. The fraction of sp³-hybridized carbons (Fsp3) is 0.562. The van der Waals surface area contributed by atoms with Crippen LogP contribution in [0.2, 0.25) is 0 Å². The summed E-state index contributed by atoms with van der Waals surface area (Å²) in [7, 11) is 0. The number of nitrogens with one attached hydrogen (secondary N) is 1. The molecule has 1 amide bonds. The number of thioether (sulfide) groups is 1. The van der Waals surface area contributed by atoms with Crippen LogP contribution in [0, 0.1) is 5.41 Å². The lowest BCUT2D eigenvalue weighted by atomic mass is 9.79. The van der Waals surface area contributed by atoms with Gasteiger partial charge in [-0.3, -0.25) is 4.79 Å². The van der Waals surface area contributed by atoms with Crippen LogP contribution in [-0.2, 0) is 4.79 Å². The van der Waals surface area contributed by atoms with E-state index < -0.39 is 0 Å². The second-order valence-corrected chi connectivity index (χ2v) is 6.40. The van der Waals surface area contributed by atoms with Crippen LogP contribution in [0.5, 0.6) is 0 Å². The molecule has 0 aromatic heterocycles. The maximum Gasteiger partial charge on any atom is 0.231 e. The number of para-hydroxylation sites is 1. The number of carbonyl (C=O) groups excluding carboxylic acids is 1. The van der Waals surface area contributed by atoms with E-state index in [4.69, 9.17) is 5.73 Å². The van der Waals surface area contributed by atoms with Crippen LogP contribution in [-0.4, -0.2) is 18.7 Å². The lowest BCUT2D eigenvalue weighted by Crippen LogP contribution is -2.42. The number of hydrogen-bond acceptors (Lipinski definition) is 3. The van der Waals surface area contributed by atoms with E-state index in [-0.39, 0.29) is 11.3 Å². The summed E-state index contributed by atoms with van der Waals surface area (Å²) in [6.07, 6.45) is 8.50. The molecule has 1 aliphatic carbocycles. The molecular formula is C16H24N2OS. The molecular weight excluding hydrogens is 268 g/mol. The minimum Gasteiger partial charge on any atom is -0.329 e. The van der Waals surface area contributed by atoms with Gasteiger partial charge in [-0.05, 0) is 31.2 Å². The summed E-state index contributed by atoms with van der Waals surface area (Å²) in [6.45, 7) is 0.445. The normalized spacial score (nSPS) is 18.3. The van der Waals surface area contributed by atoms with E-state index in [0.29, 0.717) is 6.54 Å². The molecule has 110 valence electrons. The molecule has 3 N–H and O–H groups in total. The number of nitrogens with two attached hydrogens (primary N) is 1. The SMILES string of the molecule is CSc1ccccc1NC(=O)C1(CN)CCCCCC1. The van der Waals surface area contributed by atoms with Crippen LogP contribution in [0.1, 0.15) is 38.5 Å². The number of rotatable bonds is 4. The molecule has 2 rings (SSSR count). The van der Waals surface area contributed by atoms with Gasteiger partial charge < -0.3 is 11.1 Å². The number of hydrogen-bond donors (Lipinski definition) is 2. The highest BCUT2D eigenvalue weighted by Gasteiger charge is 2.37. The highest BCUT2D eigenvalue weighted by Crippen LogP contribution is 2.36. The van der Waals surface area contributed by atoms with Crippen LogP contribution in [0.4, 0.5) is 5.69 Å². The molecule has 0 radical (unpaired) electrons. The second kappa shape index (κ2) is 7.14. The first-order valence-corrected chi connectivity index (χ1v) is 8.59. The molecule has 0 saturated heterocycles. The number of benzene rings is 1. The zero-order valence-electron chi connectivity index (χ0n) is 12.2.